The summed E-state index contributed by atoms with van der Waals surface area (Å²) in [7, 11) is 0. The summed E-state index contributed by atoms with van der Waals surface area (Å²) in [6.07, 6.45) is -2.58. The maximum Gasteiger partial charge on any atom is 0.416 e. The second-order valence-corrected chi connectivity index (χ2v) is 4.90. The van der Waals surface area contributed by atoms with Gasteiger partial charge >= 0.3 is 6.18 Å². The van der Waals surface area contributed by atoms with Gasteiger partial charge in [0.15, 0.2) is 0 Å². The smallest absolute Gasteiger partial charge is 0.381 e. The van der Waals surface area contributed by atoms with E-state index in [1.54, 1.807) is 6.07 Å². The number of halogens is 3. The van der Waals surface area contributed by atoms with Crippen LogP contribution in [-0.4, -0.2) is 19.8 Å². The highest BCUT2D eigenvalue weighted by molar-refractivity contribution is 5.33. The van der Waals surface area contributed by atoms with Crippen molar-refractivity contribution in [1.29, 1.82) is 0 Å². The fourth-order valence-electron chi connectivity index (χ4n) is 2.73. The maximum atomic E-state index is 13.0. The van der Waals surface area contributed by atoms with E-state index in [1.165, 1.54) is 12.1 Å². The molecule has 0 amide bonds. The van der Waals surface area contributed by atoms with Crippen molar-refractivity contribution in [2.24, 2.45) is 11.7 Å². The molecule has 0 bridgehead atoms. The zero-order valence-electron chi connectivity index (χ0n) is 10.6. The molecule has 1 aromatic carbocycles. The molecule has 0 saturated carbocycles. The molecule has 0 spiro atoms. The Bertz CT molecular complexity index is 413. The number of hydrogen-bond acceptors (Lipinski definition) is 2. The van der Waals surface area contributed by atoms with Gasteiger partial charge in [-0.1, -0.05) is 18.2 Å². The minimum absolute atomic E-state index is 0.0715. The Labute approximate surface area is 110 Å². The average Bonchev–Trinajstić information content (AvgIpc) is 2.40. The van der Waals surface area contributed by atoms with Crippen LogP contribution in [0.3, 0.4) is 0 Å². The zero-order chi connectivity index (χ0) is 13.9. The molecule has 2 atom stereocenters. The molecule has 1 fully saturated rings. The fourth-order valence-corrected chi connectivity index (χ4v) is 2.73. The normalized spacial score (nSPS) is 22.2. The van der Waals surface area contributed by atoms with Crippen molar-refractivity contribution in [2.45, 2.75) is 24.9 Å². The van der Waals surface area contributed by atoms with E-state index in [4.69, 9.17) is 10.5 Å². The molecule has 1 aliphatic heterocycles. The Morgan fingerprint density at radius 3 is 2.63 bits per heavy atom. The topological polar surface area (TPSA) is 35.2 Å². The number of alkyl halides is 3. The van der Waals surface area contributed by atoms with Crippen molar-refractivity contribution in [1.82, 2.24) is 0 Å². The molecular weight excluding hydrogens is 255 g/mol. The lowest BCUT2D eigenvalue weighted by Crippen LogP contribution is -2.30. The SMILES string of the molecule is NCC(c1ccccc1C(F)(F)F)C1CCCOC1. The molecule has 19 heavy (non-hydrogen) atoms. The van der Waals surface area contributed by atoms with Crippen LogP contribution in [0, 0.1) is 5.92 Å². The van der Waals surface area contributed by atoms with Gasteiger partial charge in [0.05, 0.1) is 12.2 Å². The van der Waals surface area contributed by atoms with Crippen molar-refractivity contribution in [2.75, 3.05) is 19.8 Å². The molecule has 0 aromatic heterocycles. The van der Waals surface area contributed by atoms with Crippen molar-refractivity contribution in [3.63, 3.8) is 0 Å². The average molecular weight is 273 g/mol. The summed E-state index contributed by atoms with van der Waals surface area (Å²) in [5.41, 5.74) is 5.45. The molecule has 5 heteroatoms. The van der Waals surface area contributed by atoms with Gasteiger partial charge in [0.25, 0.3) is 0 Å². The van der Waals surface area contributed by atoms with E-state index >= 15 is 0 Å². The summed E-state index contributed by atoms with van der Waals surface area (Å²) in [5, 5.41) is 0. The largest absolute Gasteiger partial charge is 0.416 e. The van der Waals surface area contributed by atoms with E-state index in [-0.39, 0.29) is 18.4 Å². The lowest BCUT2D eigenvalue weighted by atomic mass is 9.81. The summed E-state index contributed by atoms with van der Waals surface area (Å²) in [4.78, 5) is 0. The first-order valence-electron chi connectivity index (χ1n) is 6.48. The van der Waals surface area contributed by atoms with Crippen molar-refractivity contribution in [3.8, 4) is 0 Å². The molecule has 0 radical (unpaired) electrons. The van der Waals surface area contributed by atoms with Gasteiger partial charge in [-0.3, -0.25) is 0 Å². The third-order valence-corrected chi connectivity index (χ3v) is 3.68. The first-order valence-corrected chi connectivity index (χ1v) is 6.48. The van der Waals surface area contributed by atoms with E-state index in [1.807, 2.05) is 0 Å². The Balaban J connectivity index is 2.32. The van der Waals surface area contributed by atoms with Crippen LogP contribution in [0.15, 0.2) is 24.3 Å². The number of nitrogens with two attached hydrogens (primary N) is 1. The second kappa shape index (κ2) is 5.92. The van der Waals surface area contributed by atoms with Crippen LogP contribution >= 0.6 is 0 Å². The Hall–Kier alpha value is -1.07. The van der Waals surface area contributed by atoms with Crippen LogP contribution in [-0.2, 0) is 10.9 Å². The quantitative estimate of drug-likeness (QED) is 0.918. The number of benzene rings is 1. The van der Waals surface area contributed by atoms with Gasteiger partial charge in [-0.25, -0.2) is 0 Å². The highest BCUT2D eigenvalue weighted by atomic mass is 19.4. The van der Waals surface area contributed by atoms with Gasteiger partial charge in [0.2, 0.25) is 0 Å². The first kappa shape index (κ1) is 14.3. The van der Waals surface area contributed by atoms with E-state index < -0.39 is 11.7 Å². The van der Waals surface area contributed by atoms with E-state index in [9.17, 15) is 13.2 Å². The molecule has 1 aliphatic rings. The van der Waals surface area contributed by atoms with Crippen LogP contribution < -0.4 is 5.73 Å². The molecule has 1 heterocycles. The van der Waals surface area contributed by atoms with Gasteiger partial charge in [0.1, 0.15) is 0 Å². The Morgan fingerprint density at radius 2 is 2.05 bits per heavy atom. The van der Waals surface area contributed by atoms with E-state index in [0.29, 0.717) is 18.8 Å². The molecule has 2 N–H and O–H groups in total. The van der Waals surface area contributed by atoms with Gasteiger partial charge in [-0.05, 0) is 36.9 Å². The molecule has 2 nitrogen and oxygen atoms in total. The third kappa shape index (κ3) is 3.28. The monoisotopic (exact) mass is 273 g/mol. The molecule has 1 aromatic rings. The molecule has 0 aliphatic carbocycles. The molecular formula is C14H18F3NO. The lowest BCUT2D eigenvalue weighted by molar-refractivity contribution is -0.138. The number of rotatable bonds is 3. The third-order valence-electron chi connectivity index (χ3n) is 3.68. The molecule has 106 valence electrons. The number of hydrogen-bond donors (Lipinski definition) is 1. The predicted octanol–water partition coefficient (Wildman–Crippen LogP) is 3.17. The fraction of sp³-hybridized carbons (Fsp3) is 0.571. The summed E-state index contributed by atoms with van der Waals surface area (Å²) in [6.45, 7) is 1.39. The Morgan fingerprint density at radius 1 is 1.32 bits per heavy atom. The van der Waals surface area contributed by atoms with E-state index in [0.717, 1.165) is 18.9 Å². The lowest BCUT2D eigenvalue weighted by Gasteiger charge is -2.31. The molecule has 1 saturated heterocycles. The number of ether oxygens (including phenoxy) is 1. The summed E-state index contributed by atoms with van der Waals surface area (Å²) >= 11 is 0. The highest BCUT2D eigenvalue weighted by Gasteiger charge is 2.36. The van der Waals surface area contributed by atoms with Crippen LogP contribution in [0.1, 0.15) is 29.9 Å². The van der Waals surface area contributed by atoms with Crippen LogP contribution in [0.25, 0.3) is 0 Å². The van der Waals surface area contributed by atoms with Gasteiger partial charge in [-0.2, -0.15) is 13.2 Å². The summed E-state index contributed by atoms with van der Waals surface area (Å²) in [6, 6.07) is 5.71. The van der Waals surface area contributed by atoms with Gasteiger partial charge < -0.3 is 10.5 Å². The van der Waals surface area contributed by atoms with Crippen molar-refractivity contribution in [3.05, 3.63) is 35.4 Å². The second-order valence-electron chi connectivity index (χ2n) is 4.90. The predicted molar refractivity (Wildman–Crippen MR) is 66.8 cm³/mol. The van der Waals surface area contributed by atoms with Crippen molar-refractivity contribution < 1.29 is 17.9 Å². The minimum atomic E-state index is -4.33. The van der Waals surface area contributed by atoms with Crippen molar-refractivity contribution >= 4 is 0 Å². The highest BCUT2D eigenvalue weighted by Crippen LogP contribution is 2.38. The standard InChI is InChI=1S/C14H18F3NO/c15-14(16,17)13-6-2-1-5-11(13)12(8-18)10-4-3-7-19-9-10/h1-2,5-6,10,12H,3-4,7-9,18H2. The van der Waals surface area contributed by atoms with Crippen LogP contribution in [0.2, 0.25) is 0 Å². The van der Waals surface area contributed by atoms with Gasteiger partial charge in [-0.15, -0.1) is 0 Å². The first-order chi connectivity index (χ1) is 9.04. The molecule has 2 rings (SSSR count). The Kier molecular flexibility index (Phi) is 4.47. The van der Waals surface area contributed by atoms with E-state index in [2.05, 4.69) is 0 Å². The maximum absolute atomic E-state index is 13.0. The minimum Gasteiger partial charge on any atom is -0.381 e. The van der Waals surface area contributed by atoms with Crippen LogP contribution in [0.5, 0.6) is 0 Å². The summed E-state index contributed by atoms with van der Waals surface area (Å²) in [5.74, 6) is -0.222. The summed E-state index contributed by atoms with van der Waals surface area (Å²) < 4.78 is 44.5. The zero-order valence-corrected chi connectivity index (χ0v) is 10.6. The van der Waals surface area contributed by atoms with Gasteiger partial charge in [0, 0.05) is 12.5 Å². The van der Waals surface area contributed by atoms with Crippen LogP contribution in [0.4, 0.5) is 13.2 Å². The molecule has 2 unspecified atom stereocenters.